The van der Waals surface area contributed by atoms with Crippen molar-refractivity contribution in [3.05, 3.63) is 35.9 Å². The molecule has 2 N–H and O–H groups in total. The molecule has 0 unspecified atom stereocenters. The van der Waals surface area contributed by atoms with E-state index in [1.165, 1.54) is 12.8 Å². The molecular formula is C21H32O3. The molecule has 3 nitrogen and oxygen atoms in total. The normalized spacial score (nSPS) is 24.1. The van der Waals surface area contributed by atoms with Crippen LogP contribution in [0.15, 0.2) is 30.4 Å². The Morgan fingerprint density at radius 1 is 1.25 bits per heavy atom. The van der Waals surface area contributed by atoms with E-state index in [1.807, 2.05) is 25.1 Å². The van der Waals surface area contributed by atoms with Crippen LogP contribution in [-0.2, 0) is 6.42 Å². The van der Waals surface area contributed by atoms with E-state index in [4.69, 9.17) is 4.74 Å². The van der Waals surface area contributed by atoms with Crippen LogP contribution in [0.5, 0.6) is 11.5 Å². The van der Waals surface area contributed by atoms with Gasteiger partial charge in [-0.2, -0.15) is 0 Å². The lowest BCUT2D eigenvalue weighted by Crippen LogP contribution is -2.40. The van der Waals surface area contributed by atoms with Crippen LogP contribution in [0.2, 0.25) is 0 Å². The van der Waals surface area contributed by atoms with Gasteiger partial charge in [0.15, 0.2) is 0 Å². The summed E-state index contributed by atoms with van der Waals surface area (Å²) in [6.45, 7) is 8.17. The van der Waals surface area contributed by atoms with Crippen molar-refractivity contribution >= 4 is 0 Å². The van der Waals surface area contributed by atoms with E-state index in [0.717, 1.165) is 37.0 Å². The predicted molar refractivity (Wildman–Crippen MR) is 98.5 cm³/mol. The molecule has 0 spiro atoms. The van der Waals surface area contributed by atoms with Crippen molar-refractivity contribution in [3.8, 4) is 11.5 Å². The highest BCUT2D eigenvalue weighted by Gasteiger charge is 2.34. The van der Waals surface area contributed by atoms with Crippen LogP contribution in [-0.4, -0.2) is 21.4 Å². The van der Waals surface area contributed by atoms with Crippen LogP contribution >= 0.6 is 0 Å². The fourth-order valence-corrected chi connectivity index (χ4v) is 3.34. The van der Waals surface area contributed by atoms with Crippen molar-refractivity contribution in [2.45, 2.75) is 77.4 Å². The molecular weight excluding hydrogens is 300 g/mol. The summed E-state index contributed by atoms with van der Waals surface area (Å²) >= 11 is 0. The van der Waals surface area contributed by atoms with Crippen LogP contribution in [0.25, 0.3) is 0 Å². The highest BCUT2D eigenvalue weighted by molar-refractivity contribution is 5.38. The molecule has 0 saturated carbocycles. The van der Waals surface area contributed by atoms with Crippen LogP contribution in [0, 0.1) is 5.92 Å². The lowest BCUT2D eigenvalue weighted by atomic mass is 9.78. The standard InChI is InChI=1S/C21H32O3/c1-5-6-7-8-16-13-18(22)15-19(14-16)24-20(2,3)17-9-11-21(4,23)12-10-17/h9,11,13-15,17,22-23H,5-8,10,12H2,1-4H3/t17-,21-/m0/s1. The SMILES string of the molecule is CCCCCc1cc(O)cc(OC(C)(C)[C@H]2C=C[C@](C)(O)CC2)c1. The van der Waals surface area contributed by atoms with Gasteiger partial charge in [-0.25, -0.2) is 0 Å². The fraction of sp³-hybridized carbons (Fsp3) is 0.619. The number of phenols is 1. The maximum Gasteiger partial charge on any atom is 0.124 e. The fourth-order valence-electron chi connectivity index (χ4n) is 3.34. The molecule has 1 aliphatic rings. The van der Waals surface area contributed by atoms with E-state index in [0.29, 0.717) is 0 Å². The van der Waals surface area contributed by atoms with E-state index in [9.17, 15) is 10.2 Å². The molecule has 24 heavy (non-hydrogen) atoms. The summed E-state index contributed by atoms with van der Waals surface area (Å²) in [5, 5.41) is 20.1. The minimum Gasteiger partial charge on any atom is -0.508 e. The van der Waals surface area contributed by atoms with Gasteiger partial charge in [-0.3, -0.25) is 0 Å². The van der Waals surface area contributed by atoms with Crippen LogP contribution in [0.4, 0.5) is 0 Å². The van der Waals surface area contributed by atoms with Gasteiger partial charge in [0, 0.05) is 12.0 Å². The predicted octanol–water partition coefficient (Wildman–Crippen LogP) is 5.00. The topological polar surface area (TPSA) is 49.7 Å². The zero-order chi connectivity index (χ0) is 17.8. The summed E-state index contributed by atoms with van der Waals surface area (Å²) in [5.41, 5.74) is 0.0299. The van der Waals surface area contributed by atoms with E-state index < -0.39 is 5.60 Å². The lowest BCUT2D eigenvalue weighted by molar-refractivity contribution is 0.0300. The molecule has 0 amide bonds. The van der Waals surface area contributed by atoms with Gasteiger partial charge >= 0.3 is 0 Å². The minimum atomic E-state index is -0.704. The number of phenolic OH excluding ortho intramolecular Hbond substituents is 1. The Morgan fingerprint density at radius 3 is 2.62 bits per heavy atom. The number of hydrogen-bond donors (Lipinski definition) is 2. The number of ether oxygens (including phenoxy) is 1. The Morgan fingerprint density at radius 2 is 2.00 bits per heavy atom. The minimum absolute atomic E-state index is 0.239. The highest BCUT2D eigenvalue weighted by Crippen LogP contribution is 2.36. The van der Waals surface area contributed by atoms with Gasteiger partial charge in [-0.1, -0.05) is 31.9 Å². The molecule has 0 bridgehead atoms. The smallest absolute Gasteiger partial charge is 0.124 e. The summed E-state index contributed by atoms with van der Waals surface area (Å²) in [7, 11) is 0. The Hall–Kier alpha value is -1.48. The summed E-state index contributed by atoms with van der Waals surface area (Å²) in [6.07, 6.45) is 10.0. The number of unbranched alkanes of at least 4 members (excludes halogenated alkanes) is 2. The third-order valence-electron chi connectivity index (χ3n) is 4.94. The van der Waals surface area contributed by atoms with E-state index in [-0.39, 0.29) is 17.3 Å². The number of rotatable bonds is 7. The van der Waals surface area contributed by atoms with Gasteiger partial charge < -0.3 is 14.9 Å². The van der Waals surface area contributed by atoms with E-state index in [2.05, 4.69) is 26.8 Å². The summed E-state index contributed by atoms with van der Waals surface area (Å²) < 4.78 is 6.24. The summed E-state index contributed by atoms with van der Waals surface area (Å²) in [5.74, 6) is 1.22. The molecule has 0 saturated heterocycles. The Bertz CT molecular complexity index is 572. The molecule has 0 aliphatic heterocycles. The molecule has 134 valence electrons. The van der Waals surface area contributed by atoms with Crippen molar-refractivity contribution in [2.24, 2.45) is 5.92 Å². The molecule has 0 heterocycles. The molecule has 1 aliphatic carbocycles. The summed E-state index contributed by atoms with van der Waals surface area (Å²) in [6, 6.07) is 5.56. The third-order valence-corrected chi connectivity index (χ3v) is 4.94. The first-order valence-corrected chi connectivity index (χ1v) is 9.15. The number of aromatic hydroxyl groups is 1. The summed E-state index contributed by atoms with van der Waals surface area (Å²) in [4.78, 5) is 0. The molecule has 1 aromatic carbocycles. The van der Waals surface area contributed by atoms with Crippen molar-refractivity contribution in [1.29, 1.82) is 0 Å². The Kier molecular flexibility index (Phi) is 5.97. The molecule has 1 aromatic rings. The lowest BCUT2D eigenvalue weighted by Gasteiger charge is -2.37. The van der Waals surface area contributed by atoms with Gasteiger partial charge in [-0.15, -0.1) is 0 Å². The first-order chi connectivity index (χ1) is 11.2. The monoisotopic (exact) mass is 332 g/mol. The quantitative estimate of drug-likeness (QED) is 0.546. The number of aliphatic hydroxyl groups is 1. The highest BCUT2D eigenvalue weighted by atomic mass is 16.5. The number of benzene rings is 1. The van der Waals surface area contributed by atoms with Gasteiger partial charge in [0.25, 0.3) is 0 Å². The van der Waals surface area contributed by atoms with Gasteiger partial charge in [-0.05, 0) is 64.2 Å². The first-order valence-electron chi connectivity index (χ1n) is 9.15. The van der Waals surface area contributed by atoms with Gasteiger partial charge in [0.05, 0.1) is 5.60 Å². The average molecular weight is 332 g/mol. The maximum atomic E-state index is 10.1. The van der Waals surface area contributed by atoms with E-state index in [1.54, 1.807) is 6.07 Å². The van der Waals surface area contributed by atoms with Crippen molar-refractivity contribution in [3.63, 3.8) is 0 Å². The second-order valence-corrected chi connectivity index (χ2v) is 7.86. The van der Waals surface area contributed by atoms with Gasteiger partial charge in [0.1, 0.15) is 17.1 Å². The molecule has 2 rings (SSSR count). The Balaban J connectivity index is 2.08. The van der Waals surface area contributed by atoms with Crippen molar-refractivity contribution in [2.75, 3.05) is 0 Å². The van der Waals surface area contributed by atoms with Crippen LogP contribution in [0.3, 0.4) is 0 Å². The molecule has 0 aromatic heterocycles. The molecule has 2 atom stereocenters. The molecule has 0 radical (unpaired) electrons. The number of hydrogen-bond acceptors (Lipinski definition) is 3. The largest absolute Gasteiger partial charge is 0.508 e. The maximum absolute atomic E-state index is 10.1. The zero-order valence-electron chi connectivity index (χ0n) is 15.5. The average Bonchev–Trinajstić information content (AvgIpc) is 2.46. The van der Waals surface area contributed by atoms with Gasteiger partial charge in [0.2, 0.25) is 0 Å². The zero-order valence-corrected chi connectivity index (χ0v) is 15.5. The second-order valence-electron chi connectivity index (χ2n) is 7.86. The first kappa shape index (κ1) is 18.9. The third kappa shape index (κ3) is 5.27. The number of aryl methyl sites for hydroxylation is 1. The molecule has 0 fully saturated rings. The van der Waals surface area contributed by atoms with E-state index >= 15 is 0 Å². The molecule has 3 heteroatoms. The van der Waals surface area contributed by atoms with Crippen molar-refractivity contribution < 1.29 is 14.9 Å². The van der Waals surface area contributed by atoms with Crippen molar-refractivity contribution in [1.82, 2.24) is 0 Å². The van der Waals surface area contributed by atoms with Crippen LogP contribution in [0.1, 0.15) is 65.4 Å². The Labute approximate surface area is 146 Å². The van der Waals surface area contributed by atoms with Crippen LogP contribution < -0.4 is 4.74 Å². The second kappa shape index (κ2) is 7.60.